The van der Waals surface area contributed by atoms with Crippen LogP contribution in [0.1, 0.15) is 38.2 Å². The van der Waals surface area contributed by atoms with Crippen LogP contribution >= 0.6 is 0 Å². The van der Waals surface area contributed by atoms with E-state index in [9.17, 15) is 4.79 Å². The highest BCUT2D eigenvalue weighted by molar-refractivity contribution is 5.72. The van der Waals surface area contributed by atoms with E-state index in [0.717, 1.165) is 35.3 Å². The second-order valence-corrected chi connectivity index (χ2v) is 6.66. The molecule has 0 bridgehead atoms. The van der Waals surface area contributed by atoms with E-state index in [1.54, 1.807) is 6.92 Å². The fraction of sp³-hybridized carbons (Fsp3) is 0.381. The fourth-order valence-electron chi connectivity index (χ4n) is 3.28. The molecule has 0 amide bonds. The van der Waals surface area contributed by atoms with Crippen LogP contribution in [0.15, 0.2) is 48.5 Å². The van der Waals surface area contributed by atoms with Crippen LogP contribution in [0.2, 0.25) is 0 Å². The number of carboxylic acids is 1. The summed E-state index contributed by atoms with van der Waals surface area (Å²) in [4.78, 5) is 11.1. The second kappa shape index (κ2) is 7.52. The molecule has 24 heavy (non-hydrogen) atoms. The molecule has 0 aliphatic heterocycles. The number of aliphatic carboxylic acids is 1. The average molecular weight is 324 g/mol. The largest absolute Gasteiger partial charge is 0.490 e. The lowest BCUT2D eigenvalue weighted by Crippen LogP contribution is -2.13. The highest BCUT2D eigenvalue weighted by Crippen LogP contribution is 2.34. The maximum Gasteiger partial charge on any atom is 0.306 e. The van der Waals surface area contributed by atoms with Crippen LogP contribution in [-0.4, -0.2) is 17.2 Å². The normalized spacial score (nSPS) is 16.0. The van der Waals surface area contributed by atoms with Crippen LogP contribution in [0.4, 0.5) is 0 Å². The van der Waals surface area contributed by atoms with E-state index in [1.165, 1.54) is 12.8 Å². The number of benzene rings is 2. The van der Waals surface area contributed by atoms with Gasteiger partial charge in [0.15, 0.2) is 0 Å². The summed E-state index contributed by atoms with van der Waals surface area (Å²) in [5, 5.41) is 9.15. The Kier molecular flexibility index (Phi) is 5.19. The molecule has 3 rings (SSSR count). The summed E-state index contributed by atoms with van der Waals surface area (Å²) in [6, 6.07) is 16.3. The Bertz CT molecular complexity index is 687. The zero-order valence-electron chi connectivity index (χ0n) is 14.1. The molecule has 0 heterocycles. The Morgan fingerprint density at radius 2 is 1.88 bits per heavy atom. The lowest BCUT2D eigenvalue weighted by Gasteiger charge is -2.18. The minimum Gasteiger partial charge on any atom is -0.490 e. The Balaban J connectivity index is 1.91. The summed E-state index contributed by atoms with van der Waals surface area (Å²) in [6.07, 6.45) is 5.53. The second-order valence-electron chi connectivity index (χ2n) is 6.66. The van der Waals surface area contributed by atoms with Gasteiger partial charge in [0.2, 0.25) is 0 Å². The third kappa shape index (κ3) is 3.97. The van der Waals surface area contributed by atoms with Crippen LogP contribution in [0, 0.1) is 5.92 Å². The predicted molar refractivity (Wildman–Crippen MR) is 95.3 cm³/mol. The molecule has 1 unspecified atom stereocenters. The van der Waals surface area contributed by atoms with Gasteiger partial charge in [-0.2, -0.15) is 0 Å². The SMILES string of the molecule is CC(Cc1ccc(OC2CCCC2)c(-c2ccccc2)c1)C(=O)O. The number of rotatable bonds is 6. The summed E-state index contributed by atoms with van der Waals surface area (Å²) >= 11 is 0. The van der Waals surface area contributed by atoms with E-state index in [-0.39, 0.29) is 0 Å². The molecule has 1 aliphatic rings. The van der Waals surface area contributed by atoms with Crippen molar-refractivity contribution >= 4 is 5.97 Å². The number of carbonyl (C=O) groups is 1. The quantitative estimate of drug-likeness (QED) is 0.819. The highest BCUT2D eigenvalue weighted by atomic mass is 16.5. The number of ether oxygens (including phenoxy) is 1. The molecule has 126 valence electrons. The third-order valence-electron chi connectivity index (χ3n) is 4.69. The smallest absolute Gasteiger partial charge is 0.306 e. The molecule has 1 saturated carbocycles. The molecule has 3 heteroatoms. The Morgan fingerprint density at radius 3 is 2.54 bits per heavy atom. The maximum absolute atomic E-state index is 11.1. The van der Waals surface area contributed by atoms with Crippen molar-refractivity contribution in [1.82, 2.24) is 0 Å². The maximum atomic E-state index is 11.1. The fourth-order valence-corrected chi connectivity index (χ4v) is 3.28. The molecule has 2 aromatic rings. The van der Waals surface area contributed by atoms with E-state index >= 15 is 0 Å². The van der Waals surface area contributed by atoms with E-state index in [1.807, 2.05) is 30.3 Å². The zero-order valence-corrected chi connectivity index (χ0v) is 14.1. The molecule has 0 saturated heterocycles. The lowest BCUT2D eigenvalue weighted by atomic mass is 9.96. The van der Waals surface area contributed by atoms with Crippen molar-refractivity contribution in [1.29, 1.82) is 0 Å². The third-order valence-corrected chi connectivity index (χ3v) is 4.69. The number of hydrogen-bond acceptors (Lipinski definition) is 2. The van der Waals surface area contributed by atoms with Gasteiger partial charge in [-0.05, 0) is 55.4 Å². The Labute approximate surface area is 143 Å². The summed E-state index contributed by atoms with van der Waals surface area (Å²) < 4.78 is 6.25. The molecule has 1 N–H and O–H groups in total. The molecule has 1 aliphatic carbocycles. The molecule has 0 spiro atoms. The van der Waals surface area contributed by atoms with Crippen molar-refractivity contribution in [3.8, 4) is 16.9 Å². The van der Waals surface area contributed by atoms with Crippen LogP contribution in [0.5, 0.6) is 5.75 Å². The first-order valence-corrected chi connectivity index (χ1v) is 8.71. The van der Waals surface area contributed by atoms with Crippen molar-refractivity contribution in [2.24, 2.45) is 5.92 Å². The Morgan fingerprint density at radius 1 is 1.17 bits per heavy atom. The van der Waals surface area contributed by atoms with Gasteiger partial charge in [0.05, 0.1) is 12.0 Å². The van der Waals surface area contributed by atoms with Gasteiger partial charge in [-0.1, -0.05) is 43.3 Å². The monoisotopic (exact) mass is 324 g/mol. The Hall–Kier alpha value is -2.29. The van der Waals surface area contributed by atoms with Crippen LogP contribution in [-0.2, 0) is 11.2 Å². The van der Waals surface area contributed by atoms with Crippen molar-refractivity contribution in [2.45, 2.75) is 45.1 Å². The first-order chi connectivity index (χ1) is 11.6. The van der Waals surface area contributed by atoms with Gasteiger partial charge in [0.1, 0.15) is 5.75 Å². The van der Waals surface area contributed by atoms with Crippen molar-refractivity contribution < 1.29 is 14.6 Å². The van der Waals surface area contributed by atoms with Gasteiger partial charge in [-0.15, -0.1) is 0 Å². The van der Waals surface area contributed by atoms with E-state index in [2.05, 4.69) is 18.2 Å². The number of hydrogen-bond donors (Lipinski definition) is 1. The molecule has 3 nitrogen and oxygen atoms in total. The summed E-state index contributed by atoms with van der Waals surface area (Å²) in [6.45, 7) is 1.74. The van der Waals surface area contributed by atoms with Crippen molar-refractivity contribution in [3.63, 3.8) is 0 Å². The molecule has 2 aromatic carbocycles. The molecule has 1 atom stereocenters. The van der Waals surface area contributed by atoms with E-state index in [4.69, 9.17) is 9.84 Å². The molecule has 0 aromatic heterocycles. The topological polar surface area (TPSA) is 46.5 Å². The van der Waals surface area contributed by atoms with Gasteiger partial charge in [0, 0.05) is 5.56 Å². The van der Waals surface area contributed by atoms with Crippen LogP contribution in [0.25, 0.3) is 11.1 Å². The lowest BCUT2D eigenvalue weighted by molar-refractivity contribution is -0.141. The highest BCUT2D eigenvalue weighted by Gasteiger charge is 2.19. The van der Waals surface area contributed by atoms with E-state index < -0.39 is 11.9 Å². The summed E-state index contributed by atoms with van der Waals surface area (Å²) in [7, 11) is 0. The zero-order chi connectivity index (χ0) is 16.9. The molecular formula is C21H24O3. The summed E-state index contributed by atoms with van der Waals surface area (Å²) in [5.41, 5.74) is 3.19. The summed E-state index contributed by atoms with van der Waals surface area (Å²) in [5.74, 6) is -0.252. The molecule has 0 radical (unpaired) electrons. The van der Waals surface area contributed by atoms with Gasteiger partial charge >= 0.3 is 5.97 Å². The van der Waals surface area contributed by atoms with Gasteiger partial charge in [-0.25, -0.2) is 0 Å². The minimum absolute atomic E-state index is 0.302. The number of carboxylic acid groups (broad SMARTS) is 1. The molecule has 1 fully saturated rings. The first kappa shape index (κ1) is 16.6. The van der Waals surface area contributed by atoms with Gasteiger partial charge < -0.3 is 9.84 Å². The van der Waals surface area contributed by atoms with Crippen molar-refractivity contribution in [2.75, 3.05) is 0 Å². The van der Waals surface area contributed by atoms with Gasteiger partial charge in [-0.3, -0.25) is 4.79 Å². The van der Waals surface area contributed by atoms with Crippen molar-refractivity contribution in [3.05, 3.63) is 54.1 Å². The van der Waals surface area contributed by atoms with Crippen LogP contribution < -0.4 is 4.74 Å². The predicted octanol–water partition coefficient (Wildman–Crippen LogP) is 4.94. The van der Waals surface area contributed by atoms with Crippen LogP contribution in [0.3, 0.4) is 0 Å². The van der Waals surface area contributed by atoms with Gasteiger partial charge in [0.25, 0.3) is 0 Å². The van der Waals surface area contributed by atoms with E-state index in [0.29, 0.717) is 12.5 Å². The molecular weight excluding hydrogens is 300 g/mol. The average Bonchev–Trinajstić information content (AvgIpc) is 3.10. The minimum atomic E-state index is -0.762. The first-order valence-electron chi connectivity index (χ1n) is 8.71. The standard InChI is InChI=1S/C21H24O3/c1-15(21(22)23)13-16-11-12-20(24-18-9-5-6-10-18)19(14-16)17-7-3-2-4-8-17/h2-4,7-8,11-12,14-15,18H,5-6,9-10,13H2,1H3,(H,22,23).